The molecule has 0 saturated carbocycles. The van der Waals surface area contributed by atoms with Crippen LogP contribution in [0, 0.1) is 24.4 Å². The monoisotopic (exact) mass is 1050 g/mol. The maximum absolute atomic E-state index is 8.87. The summed E-state index contributed by atoms with van der Waals surface area (Å²) in [6.07, 6.45) is -1.31. The number of aryl methyl sites for hydroxylation is 3. The molecule has 0 amide bonds. The second-order valence-electron chi connectivity index (χ2n) is 18.6. The standard InChI is InChI=1S/C32H30NS.C22H32GeN.Ir/c1-20-9-15-26(28-17-22-7-5-6-8-24(22)19-33-28)31-30(20)27-16-12-23(18-29(27)34-31)21-10-13-25(14-11-21)32(2,3)4;1-16(2)17-10-9-11-18(12-17)21-13-19(14-22(3,4)5)20(15-24-21)23(6,7)8;/h9-14,16-19H,5-8H2,1-4H3;9-10,12-13,15-16H,14H2,1-8H3;/q2*-1;/i1D3,7D2,8D2;14D2,16D;. The Hall–Kier alpha value is -3.41. The third kappa shape index (κ3) is 10.4. The molecule has 0 saturated heterocycles. The molecule has 4 aromatic carbocycles. The van der Waals surface area contributed by atoms with Crippen LogP contribution in [-0.4, -0.2) is 23.2 Å². The summed E-state index contributed by atoms with van der Waals surface area (Å²) in [5, 5.41) is 1.47. The maximum atomic E-state index is 8.87. The van der Waals surface area contributed by atoms with Crippen molar-refractivity contribution in [1.29, 1.82) is 0 Å². The molecule has 0 fully saturated rings. The Morgan fingerprint density at radius 1 is 0.847 bits per heavy atom. The van der Waals surface area contributed by atoms with E-state index >= 15 is 0 Å². The largest absolute Gasteiger partial charge is 0.304 e. The molecule has 0 N–H and O–H groups in total. The van der Waals surface area contributed by atoms with Crippen LogP contribution in [0.1, 0.15) is 121 Å². The molecule has 7 aromatic rings. The number of fused-ring (bicyclic) bond motifs is 4. The van der Waals surface area contributed by atoms with E-state index in [4.69, 9.17) is 13.7 Å². The van der Waals surface area contributed by atoms with Gasteiger partial charge in [-0.3, -0.25) is 0 Å². The van der Waals surface area contributed by atoms with Gasteiger partial charge in [-0.2, -0.15) is 11.3 Å². The van der Waals surface area contributed by atoms with E-state index in [2.05, 4.69) is 90.5 Å². The predicted octanol–water partition coefficient (Wildman–Crippen LogP) is 14.9. The minimum absolute atomic E-state index is 0. The van der Waals surface area contributed by atoms with Gasteiger partial charge in [-0.25, -0.2) is 0 Å². The van der Waals surface area contributed by atoms with E-state index in [1.54, 1.807) is 6.07 Å². The molecule has 59 heavy (non-hydrogen) atoms. The van der Waals surface area contributed by atoms with Crippen LogP contribution in [0.2, 0.25) is 17.3 Å². The average Bonchev–Trinajstić information content (AvgIpc) is 3.62. The molecule has 3 aromatic heterocycles. The molecule has 8 rings (SSSR count). The summed E-state index contributed by atoms with van der Waals surface area (Å²) in [5.74, 6) is 6.12. The van der Waals surface area contributed by atoms with E-state index in [-0.39, 0.29) is 49.5 Å². The van der Waals surface area contributed by atoms with Crippen LogP contribution in [0.15, 0.2) is 91.3 Å². The number of benzene rings is 4. The molecule has 5 heteroatoms. The Morgan fingerprint density at radius 2 is 1.54 bits per heavy atom. The third-order valence-electron chi connectivity index (χ3n) is 10.4. The number of rotatable bonds is 6. The van der Waals surface area contributed by atoms with E-state index in [9.17, 15) is 0 Å². The molecule has 0 bridgehead atoms. The normalized spacial score (nSPS) is 18.1. The SMILES string of the molecule is [2H]C(C)(C)c1cc[c-]c(-c2cc(C([2H])([2H])C(C)(C)C)[c]([Ge]([CH3])([CH3])[CH3])cn2)c1.[2H]C([2H])([2H])c1c[c-]c(-c2cc3c(cn2)C([2H])([2H])CCC3([2H])[2H])c2sc3cc(-c4ccc(C(C)(C)C)cc4)ccc3c12.[Ir]. The van der Waals surface area contributed by atoms with E-state index in [1.165, 1.54) is 29.2 Å². The van der Waals surface area contributed by atoms with E-state index in [0.717, 1.165) is 52.7 Å². The van der Waals surface area contributed by atoms with Crippen LogP contribution in [-0.2, 0) is 44.6 Å². The molecule has 309 valence electrons. The average molecular weight is 1050 g/mol. The Labute approximate surface area is 389 Å². The van der Waals surface area contributed by atoms with Gasteiger partial charge in [0.2, 0.25) is 0 Å². The van der Waals surface area contributed by atoms with E-state index in [0.29, 0.717) is 22.2 Å². The number of nitrogens with zero attached hydrogens (tertiary/aromatic N) is 2. The Kier molecular flexibility index (Phi) is 10.1. The van der Waals surface area contributed by atoms with Crippen molar-refractivity contribution in [3.05, 3.63) is 137 Å². The zero-order valence-corrected chi connectivity index (χ0v) is 41.5. The number of pyridine rings is 2. The van der Waals surface area contributed by atoms with E-state index < -0.39 is 50.5 Å². The fourth-order valence-electron chi connectivity index (χ4n) is 7.26. The fourth-order valence-corrected chi connectivity index (χ4v) is 11.5. The minimum Gasteiger partial charge on any atom is -0.304 e. The first-order valence-electron chi connectivity index (χ1n) is 25.2. The first kappa shape index (κ1) is 33.2. The Bertz CT molecular complexity index is 3020. The smallest absolute Gasteiger partial charge is 0.0317 e. The molecule has 1 aliphatic rings. The van der Waals surface area contributed by atoms with Crippen molar-refractivity contribution >= 4 is 49.2 Å². The molecular weight excluding hydrogens is 974 g/mol. The second-order valence-corrected chi connectivity index (χ2v) is 30.2. The molecule has 3 heterocycles. The van der Waals surface area contributed by atoms with Gasteiger partial charge in [0, 0.05) is 40.6 Å². The number of hydrogen-bond donors (Lipinski definition) is 0. The van der Waals surface area contributed by atoms with Crippen molar-refractivity contribution in [2.75, 3.05) is 0 Å². The molecular formula is C54H62GeIrN2S-2. The van der Waals surface area contributed by atoms with Gasteiger partial charge in [0.05, 0.1) is 0 Å². The Morgan fingerprint density at radius 3 is 2.20 bits per heavy atom. The first-order valence-corrected chi connectivity index (χ1v) is 28.3. The number of thiophene rings is 1. The zero-order chi connectivity index (χ0) is 50.4. The van der Waals surface area contributed by atoms with Gasteiger partial charge >= 0.3 is 155 Å². The topological polar surface area (TPSA) is 25.8 Å². The van der Waals surface area contributed by atoms with Gasteiger partial charge in [0.25, 0.3) is 0 Å². The van der Waals surface area contributed by atoms with Gasteiger partial charge in [0.15, 0.2) is 0 Å². The van der Waals surface area contributed by atoms with Crippen LogP contribution < -0.4 is 4.40 Å². The number of hydrogen-bond acceptors (Lipinski definition) is 3. The van der Waals surface area contributed by atoms with Crippen molar-refractivity contribution in [3.63, 3.8) is 0 Å². The van der Waals surface area contributed by atoms with Crippen LogP contribution in [0.5, 0.6) is 0 Å². The quantitative estimate of drug-likeness (QED) is 0.123. The molecule has 2 nitrogen and oxygen atoms in total. The zero-order valence-electron chi connectivity index (χ0n) is 46.2. The molecule has 0 atom stereocenters. The van der Waals surface area contributed by atoms with Gasteiger partial charge in [0.1, 0.15) is 0 Å². The summed E-state index contributed by atoms with van der Waals surface area (Å²) < 4.78 is 87.3. The molecule has 1 radical (unpaired) electrons. The molecule has 0 spiro atoms. The van der Waals surface area contributed by atoms with Crippen molar-refractivity contribution in [1.82, 2.24) is 9.97 Å². The van der Waals surface area contributed by atoms with Crippen LogP contribution in [0.3, 0.4) is 0 Å². The second kappa shape index (κ2) is 17.9. The predicted molar refractivity (Wildman–Crippen MR) is 256 cm³/mol. The number of aromatic nitrogens is 2. The molecule has 0 aliphatic heterocycles. The van der Waals surface area contributed by atoms with Crippen LogP contribution >= 0.6 is 11.3 Å². The molecule has 0 unspecified atom stereocenters. The van der Waals surface area contributed by atoms with Crippen molar-refractivity contribution in [2.24, 2.45) is 5.41 Å². The van der Waals surface area contributed by atoms with Crippen molar-refractivity contribution in [3.8, 4) is 33.6 Å². The summed E-state index contributed by atoms with van der Waals surface area (Å²) in [4.78, 5) is 9.24. The fraction of sp³-hybridized carbons (Fsp3) is 0.370. The van der Waals surface area contributed by atoms with E-state index in [1.807, 2.05) is 77.2 Å². The summed E-state index contributed by atoms with van der Waals surface area (Å²) >= 11 is -0.842. The Balaban J connectivity index is 0.000000244. The summed E-state index contributed by atoms with van der Waals surface area (Å²) in [6.45, 7) is 13.8. The van der Waals surface area contributed by atoms with Crippen LogP contribution in [0.4, 0.5) is 0 Å². The van der Waals surface area contributed by atoms with Gasteiger partial charge < -0.3 is 4.98 Å². The van der Waals surface area contributed by atoms with Gasteiger partial charge in [-0.15, -0.1) is 23.3 Å². The van der Waals surface area contributed by atoms with Gasteiger partial charge in [-0.1, -0.05) is 81.0 Å². The maximum Gasteiger partial charge on any atom is 0.0317 e. The summed E-state index contributed by atoms with van der Waals surface area (Å²) in [5.41, 5.74) is 7.92. The minimum atomic E-state index is -2.35. The first-order chi connectivity index (χ1) is 31.1. The van der Waals surface area contributed by atoms with Crippen LogP contribution in [0.25, 0.3) is 53.8 Å². The van der Waals surface area contributed by atoms with Gasteiger partial charge in [-0.05, 0) is 75.1 Å². The summed E-state index contributed by atoms with van der Waals surface area (Å²) in [7, 11) is 0. The molecule has 1 aliphatic carbocycles. The van der Waals surface area contributed by atoms with Crippen molar-refractivity contribution < 1.29 is 33.8 Å². The summed E-state index contributed by atoms with van der Waals surface area (Å²) in [6, 6.07) is 31.7. The van der Waals surface area contributed by atoms with Crippen molar-refractivity contribution in [2.45, 2.75) is 123 Å². The third-order valence-corrected chi connectivity index (χ3v) is 15.8.